The standard InChI is InChI=1S/C16H24N2O3/c19-13-12-17-8-10-18(11-9-17)16(20)7-4-14-21-15-5-2-1-3-6-15/h1-3,5-6,19H,4,7-14H2. The van der Waals surface area contributed by atoms with E-state index in [0.717, 1.165) is 38.3 Å². The van der Waals surface area contributed by atoms with Gasteiger partial charge >= 0.3 is 0 Å². The van der Waals surface area contributed by atoms with Crippen LogP contribution in [0.15, 0.2) is 30.3 Å². The Balaban J connectivity index is 1.60. The van der Waals surface area contributed by atoms with Crippen LogP contribution >= 0.6 is 0 Å². The summed E-state index contributed by atoms with van der Waals surface area (Å²) in [5.41, 5.74) is 0. The number of hydrogen-bond acceptors (Lipinski definition) is 4. The first-order valence-corrected chi connectivity index (χ1v) is 7.58. The average molecular weight is 292 g/mol. The Morgan fingerprint density at radius 2 is 1.86 bits per heavy atom. The average Bonchev–Trinajstić information content (AvgIpc) is 2.53. The third-order valence-corrected chi connectivity index (χ3v) is 3.69. The third kappa shape index (κ3) is 5.36. The van der Waals surface area contributed by atoms with Crippen molar-refractivity contribution in [3.05, 3.63) is 30.3 Å². The molecule has 0 bridgehead atoms. The SMILES string of the molecule is O=C(CCCOc1ccccc1)N1CCN(CCO)CC1. The van der Waals surface area contributed by atoms with Crippen LogP contribution in [0, 0.1) is 0 Å². The third-order valence-electron chi connectivity index (χ3n) is 3.69. The second kappa shape index (κ2) is 8.64. The Labute approximate surface area is 126 Å². The van der Waals surface area contributed by atoms with Crippen molar-refractivity contribution < 1.29 is 14.6 Å². The number of piperazine rings is 1. The lowest BCUT2D eigenvalue weighted by atomic mass is 10.2. The zero-order valence-corrected chi connectivity index (χ0v) is 12.4. The fourth-order valence-corrected chi connectivity index (χ4v) is 2.45. The van der Waals surface area contributed by atoms with Crippen LogP contribution < -0.4 is 4.74 Å². The molecule has 5 heteroatoms. The number of β-amino-alcohol motifs (C(OH)–C–C–N with tert-alkyl or cyclic N) is 1. The van der Waals surface area contributed by atoms with Crippen LogP contribution in [0.4, 0.5) is 0 Å². The Morgan fingerprint density at radius 1 is 1.14 bits per heavy atom. The number of aliphatic hydroxyl groups is 1. The molecular weight excluding hydrogens is 268 g/mol. The van der Waals surface area contributed by atoms with Crippen molar-refractivity contribution in [1.82, 2.24) is 9.80 Å². The zero-order valence-electron chi connectivity index (χ0n) is 12.4. The first-order valence-electron chi connectivity index (χ1n) is 7.58. The lowest BCUT2D eigenvalue weighted by Gasteiger charge is -2.34. The van der Waals surface area contributed by atoms with Gasteiger partial charge in [-0.3, -0.25) is 9.69 Å². The Kier molecular flexibility index (Phi) is 6.50. The molecule has 0 atom stereocenters. The summed E-state index contributed by atoms with van der Waals surface area (Å²) in [6.45, 7) is 4.69. The van der Waals surface area contributed by atoms with Gasteiger partial charge in [-0.15, -0.1) is 0 Å². The van der Waals surface area contributed by atoms with Gasteiger partial charge in [-0.05, 0) is 18.6 Å². The number of nitrogens with zero attached hydrogens (tertiary/aromatic N) is 2. The lowest BCUT2D eigenvalue weighted by Crippen LogP contribution is -2.49. The van der Waals surface area contributed by atoms with Gasteiger partial charge in [-0.1, -0.05) is 18.2 Å². The van der Waals surface area contributed by atoms with E-state index in [9.17, 15) is 4.79 Å². The highest BCUT2D eigenvalue weighted by Crippen LogP contribution is 2.10. The monoisotopic (exact) mass is 292 g/mol. The molecule has 1 aliphatic heterocycles. The second-order valence-corrected chi connectivity index (χ2v) is 5.21. The number of para-hydroxylation sites is 1. The van der Waals surface area contributed by atoms with Crippen molar-refractivity contribution in [2.75, 3.05) is 45.9 Å². The second-order valence-electron chi connectivity index (χ2n) is 5.21. The quantitative estimate of drug-likeness (QED) is 0.761. The van der Waals surface area contributed by atoms with E-state index in [-0.39, 0.29) is 12.5 Å². The van der Waals surface area contributed by atoms with Crippen molar-refractivity contribution in [3.8, 4) is 5.75 Å². The summed E-state index contributed by atoms with van der Waals surface area (Å²) in [6, 6.07) is 9.66. The zero-order chi connectivity index (χ0) is 14.9. The van der Waals surface area contributed by atoms with Gasteiger partial charge in [0, 0.05) is 39.1 Å². The molecule has 1 aromatic carbocycles. The number of benzene rings is 1. The van der Waals surface area contributed by atoms with Crippen molar-refractivity contribution >= 4 is 5.91 Å². The van der Waals surface area contributed by atoms with Crippen LogP contribution in [-0.4, -0.2) is 66.8 Å². The van der Waals surface area contributed by atoms with Gasteiger partial charge in [0.15, 0.2) is 0 Å². The predicted octanol–water partition coefficient (Wildman–Crippen LogP) is 0.982. The van der Waals surface area contributed by atoms with Crippen LogP contribution in [0.5, 0.6) is 5.75 Å². The Morgan fingerprint density at radius 3 is 2.52 bits per heavy atom. The lowest BCUT2D eigenvalue weighted by molar-refractivity contribution is -0.133. The topological polar surface area (TPSA) is 53.0 Å². The molecular formula is C16H24N2O3. The minimum Gasteiger partial charge on any atom is -0.494 e. The van der Waals surface area contributed by atoms with E-state index < -0.39 is 0 Å². The maximum Gasteiger partial charge on any atom is 0.222 e. The van der Waals surface area contributed by atoms with Gasteiger partial charge in [0.25, 0.3) is 0 Å². The fraction of sp³-hybridized carbons (Fsp3) is 0.562. The van der Waals surface area contributed by atoms with Crippen LogP contribution in [0.3, 0.4) is 0 Å². The highest BCUT2D eigenvalue weighted by atomic mass is 16.5. The highest BCUT2D eigenvalue weighted by Gasteiger charge is 2.20. The summed E-state index contributed by atoms with van der Waals surface area (Å²) >= 11 is 0. The molecule has 2 rings (SSSR count). The molecule has 1 aromatic rings. The molecule has 116 valence electrons. The Bertz CT molecular complexity index is 417. The summed E-state index contributed by atoms with van der Waals surface area (Å²) in [4.78, 5) is 16.2. The smallest absolute Gasteiger partial charge is 0.222 e. The van der Waals surface area contributed by atoms with Crippen molar-refractivity contribution in [2.45, 2.75) is 12.8 Å². The minimum absolute atomic E-state index is 0.185. The first-order chi connectivity index (χ1) is 10.3. The Hall–Kier alpha value is -1.59. The van der Waals surface area contributed by atoms with E-state index >= 15 is 0 Å². The summed E-state index contributed by atoms with van der Waals surface area (Å²) in [5.74, 6) is 1.05. The molecule has 0 saturated carbocycles. The van der Waals surface area contributed by atoms with Crippen LogP contribution in [0.1, 0.15) is 12.8 Å². The van der Waals surface area contributed by atoms with Gasteiger partial charge in [0.05, 0.1) is 13.2 Å². The van der Waals surface area contributed by atoms with Crippen molar-refractivity contribution in [2.24, 2.45) is 0 Å². The largest absolute Gasteiger partial charge is 0.494 e. The molecule has 1 saturated heterocycles. The molecule has 1 fully saturated rings. The van der Waals surface area contributed by atoms with Crippen molar-refractivity contribution in [3.63, 3.8) is 0 Å². The van der Waals surface area contributed by atoms with Crippen LogP contribution in [0.25, 0.3) is 0 Å². The van der Waals surface area contributed by atoms with E-state index in [0.29, 0.717) is 19.6 Å². The highest BCUT2D eigenvalue weighted by molar-refractivity contribution is 5.76. The fourth-order valence-electron chi connectivity index (χ4n) is 2.45. The molecule has 1 N–H and O–H groups in total. The van der Waals surface area contributed by atoms with Gasteiger partial charge < -0.3 is 14.7 Å². The number of hydrogen-bond donors (Lipinski definition) is 1. The van der Waals surface area contributed by atoms with E-state index in [1.807, 2.05) is 35.2 Å². The van der Waals surface area contributed by atoms with Crippen LogP contribution in [0.2, 0.25) is 0 Å². The molecule has 0 radical (unpaired) electrons. The number of rotatable bonds is 7. The molecule has 1 heterocycles. The molecule has 0 aliphatic carbocycles. The molecule has 1 aliphatic rings. The van der Waals surface area contributed by atoms with E-state index in [4.69, 9.17) is 9.84 Å². The molecule has 21 heavy (non-hydrogen) atoms. The summed E-state index contributed by atoms with van der Waals surface area (Å²) in [7, 11) is 0. The summed E-state index contributed by atoms with van der Waals surface area (Å²) < 4.78 is 5.59. The van der Waals surface area contributed by atoms with Gasteiger partial charge in [0.1, 0.15) is 5.75 Å². The number of ether oxygens (including phenoxy) is 1. The summed E-state index contributed by atoms with van der Waals surface area (Å²) in [6.07, 6.45) is 1.28. The maximum atomic E-state index is 12.1. The van der Waals surface area contributed by atoms with Crippen LogP contribution in [-0.2, 0) is 4.79 Å². The number of amides is 1. The van der Waals surface area contributed by atoms with Gasteiger partial charge in [-0.2, -0.15) is 0 Å². The molecule has 0 spiro atoms. The molecule has 0 unspecified atom stereocenters. The molecule has 0 aromatic heterocycles. The van der Waals surface area contributed by atoms with E-state index in [1.54, 1.807) is 0 Å². The van der Waals surface area contributed by atoms with E-state index in [2.05, 4.69) is 4.90 Å². The maximum absolute atomic E-state index is 12.1. The van der Waals surface area contributed by atoms with Gasteiger partial charge in [-0.25, -0.2) is 0 Å². The number of aliphatic hydroxyl groups excluding tert-OH is 1. The normalized spacial score (nSPS) is 16.0. The number of carbonyl (C=O) groups is 1. The molecule has 1 amide bonds. The molecule has 5 nitrogen and oxygen atoms in total. The minimum atomic E-state index is 0.185. The first kappa shape index (κ1) is 15.8. The predicted molar refractivity (Wildman–Crippen MR) is 81.3 cm³/mol. The number of carbonyl (C=O) groups excluding carboxylic acids is 1. The van der Waals surface area contributed by atoms with Gasteiger partial charge in [0.2, 0.25) is 5.91 Å². The van der Waals surface area contributed by atoms with Crippen molar-refractivity contribution in [1.29, 1.82) is 0 Å². The summed E-state index contributed by atoms with van der Waals surface area (Å²) in [5, 5.41) is 8.89. The van der Waals surface area contributed by atoms with E-state index in [1.165, 1.54) is 0 Å².